The zero-order valence-electron chi connectivity index (χ0n) is 10.4. The van der Waals surface area contributed by atoms with E-state index in [2.05, 4.69) is 10.2 Å². The van der Waals surface area contributed by atoms with Crippen LogP contribution >= 0.6 is 0 Å². The van der Waals surface area contributed by atoms with Gasteiger partial charge >= 0.3 is 0 Å². The first kappa shape index (κ1) is 13.2. The fourth-order valence-corrected chi connectivity index (χ4v) is 1.92. The van der Waals surface area contributed by atoms with Gasteiger partial charge in [-0.15, -0.1) is 5.10 Å². The smallest absolute Gasteiger partial charge is 0.266 e. The van der Waals surface area contributed by atoms with Crippen molar-refractivity contribution in [3.63, 3.8) is 0 Å². The van der Waals surface area contributed by atoms with Gasteiger partial charge in [0.05, 0.1) is 17.6 Å². The molecule has 1 aromatic heterocycles. The van der Waals surface area contributed by atoms with Gasteiger partial charge in [0.25, 0.3) is 5.91 Å². The molecule has 0 fully saturated rings. The summed E-state index contributed by atoms with van der Waals surface area (Å²) >= 11 is 0. The monoisotopic (exact) mass is 280 g/mol. The van der Waals surface area contributed by atoms with Gasteiger partial charge in [0.1, 0.15) is 0 Å². The second kappa shape index (κ2) is 4.81. The summed E-state index contributed by atoms with van der Waals surface area (Å²) in [4.78, 5) is 13.0. The summed E-state index contributed by atoms with van der Waals surface area (Å²) in [6.07, 6.45) is 0.905. The van der Waals surface area contributed by atoms with Crippen LogP contribution in [0.2, 0.25) is 0 Å². The molecule has 1 heterocycles. The number of nitrogens with zero attached hydrogens (tertiary/aromatic N) is 3. The standard InChI is InChI=1S/C11H12N4O3S/c1-8-10(11(16)14-19(2,17)18)13-15(12-8)9-6-4-3-5-7-9/h3-7H,1-2H3,(H,14,16). The lowest BCUT2D eigenvalue weighted by molar-refractivity contribution is 0.0976. The van der Waals surface area contributed by atoms with E-state index >= 15 is 0 Å². The van der Waals surface area contributed by atoms with Crippen molar-refractivity contribution in [2.75, 3.05) is 6.26 Å². The van der Waals surface area contributed by atoms with Gasteiger partial charge in [-0.1, -0.05) is 18.2 Å². The van der Waals surface area contributed by atoms with Crippen LogP contribution in [-0.4, -0.2) is 35.6 Å². The molecule has 0 atom stereocenters. The molecule has 0 saturated carbocycles. The molecular weight excluding hydrogens is 268 g/mol. The molecule has 1 N–H and O–H groups in total. The average Bonchev–Trinajstić information content (AvgIpc) is 2.70. The van der Waals surface area contributed by atoms with E-state index in [0.717, 1.165) is 6.26 Å². The Bertz CT molecular complexity index is 707. The van der Waals surface area contributed by atoms with E-state index in [9.17, 15) is 13.2 Å². The fourth-order valence-electron chi connectivity index (χ4n) is 1.48. The summed E-state index contributed by atoms with van der Waals surface area (Å²) < 4.78 is 23.9. The molecular formula is C11H12N4O3S. The van der Waals surface area contributed by atoms with E-state index in [-0.39, 0.29) is 5.69 Å². The first-order valence-electron chi connectivity index (χ1n) is 5.38. The van der Waals surface area contributed by atoms with E-state index in [4.69, 9.17) is 0 Å². The molecule has 1 amide bonds. The van der Waals surface area contributed by atoms with Crippen molar-refractivity contribution in [3.05, 3.63) is 41.7 Å². The van der Waals surface area contributed by atoms with Crippen molar-refractivity contribution in [1.82, 2.24) is 19.7 Å². The van der Waals surface area contributed by atoms with Gasteiger partial charge in [-0.3, -0.25) is 4.79 Å². The summed E-state index contributed by atoms with van der Waals surface area (Å²) in [7, 11) is -3.62. The van der Waals surface area contributed by atoms with E-state index in [1.54, 1.807) is 19.1 Å². The van der Waals surface area contributed by atoms with Crippen molar-refractivity contribution in [3.8, 4) is 5.69 Å². The molecule has 0 radical (unpaired) electrons. The predicted octanol–water partition coefficient (Wildman–Crippen LogP) is 0.265. The number of nitrogens with one attached hydrogen (secondary N) is 1. The van der Waals surface area contributed by atoms with Crippen molar-refractivity contribution in [2.24, 2.45) is 0 Å². The summed E-state index contributed by atoms with van der Waals surface area (Å²) in [6.45, 7) is 1.59. The van der Waals surface area contributed by atoms with Crippen molar-refractivity contribution in [1.29, 1.82) is 0 Å². The number of hydrogen-bond acceptors (Lipinski definition) is 5. The number of benzene rings is 1. The highest BCUT2D eigenvalue weighted by atomic mass is 32.2. The number of carbonyl (C=O) groups is 1. The molecule has 0 spiro atoms. The van der Waals surface area contributed by atoms with Gasteiger partial charge in [0.15, 0.2) is 5.69 Å². The molecule has 0 bridgehead atoms. The Balaban J connectivity index is 2.35. The van der Waals surface area contributed by atoms with E-state index < -0.39 is 15.9 Å². The minimum absolute atomic E-state index is 0.0192. The highest BCUT2D eigenvalue weighted by Gasteiger charge is 2.19. The van der Waals surface area contributed by atoms with Gasteiger partial charge in [0.2, 0.25) is 10.0 Å². The van der Waals surface area contributed by atoms with Crippen molar-refractivity contribution in [2.45, 2.75) is 6.92 Å². The Morgan fingerprint density at radius 2 is 1.84 bits per heavy atom. The predicted molar refractivity (Wildman–Crippen MR) is 68.4 cm³/mol. The van der Waals surface area contributed by atoms with Gasteiger partial charge in [-0.25, -0.2) is 13.1 Å². The third kappa shape index (κ3) is 3.16. The number of aromatic nitrogens is 3. The molecule has 0 saturated heterocycles. The molecule has 19 heavy (non-hydrogen) atoms. The van der Waals surface area contributed by atoms with Gasteiger partial charge in [0, 0.05) is 0 Å². The van der Waals surface area contributed by atoms with Crippen LogP contribution in [-0.2, 0) is 10.0 Å². The Labute approximate surface area is 110 Å². The third-order valence-corrected chi connectivity index (χ3v) is 2.82. The molecule has 0 aliphatic rings. The number of para-hydroxylation sites is 1. The molecule has 8 heteroatoms. The Morgan fingerprint density at radius 1 is 1.21 bits per heavy atom. The number of amides is 1. The van der Waals surface area contributed by atoms with Crippen LogP contribution in [0.1, 0.15) is 16.2 Å². The number of sulfonamides is 1. The zero-order chi connectivity index (χ0) is 14.0. The van der Waals surface area contributed by atoms with E-state index in [1.807, 2.05) is 22.9 Å². The zero-order valence-corrected chi connectivity index (χ0v) is 11.2. The number of rotatable bonds is 3. The third-order valence-electron chi connectivity index (χ3n) is 2.26. The number of aryl methyl sites for hydroxylation is 1. The largest absolute Gasteiger partial charge is 0.287 e. The maximum Gasteiger partial charge on any atom is 0.287 e. The van der Waals surface area contributed by atoms with Crippen LogP contribution in [0.5, 0.6) is 0 Å². The SMILES string of the molecule is Cc1nn(-c2ccccc2)nc1C(=O)NS(C)(=O)=O. The first-order chi connectivity index (χ1) is 8.87. The van der Waals surface area contributed by atoms with Crippen LogP contribution in [0.15, 0.2) is 30.3 Å². The molecule has 7 nitrogen and oxygen atoms in total. The summed E-state index contributed by atoms with van der Waals surface area (Å²) in [5.41, 5.74) is 1.02. The topological polar surface area (TPSA) is 93.9 Å². The summed E-state index contributed by atoms with van der Waals surface area (Å²) in [5.74, 6) is -0.790. The van der Waals surface area contributed by atoms with Crippen LogP contribution < -0.4 is 4.72 Å². The number of carbonyl (C=O) groups excluding carboxylic acids is 1. The Morgan fingerprint density at radius 3 is 2.42 bits per heavy atom. The minimum Gasteiger partial charge on any atom is -0.266 e. The molecule has 0 unspecified atom stereocenters. The first-order valence-corrected chi connectivity index (χ1v) is 7.27. The normalized spacial score (nSPS) is 11.3. The Kier molecular flexibility index (Phi) is 3.34. The summed E-state index contributed by atoms with van der Waals surface area (Å²) in [6, 6.07) is 9.01. The molecule has 2 rings (SSSR count). The van der Waals surface area contributed by atoms with Crippen LogP contribution in [0.4, 0.5) is 0 Å². The highest BCUT2D eigenvalue weighted by Crippen LogP contribution is 2.08. The number of hydrogen-bond donors (Lipinski definition) is 1. The fraction of sp³-hybridized carbons (Fsp3) is 0.182. The highest BCUT2D eigenvalue weighted by molar-refractivity contribution is 7.89. The minimum atomic E-state index is -3.62. The second-order valence-electron chi connectivity index (χ2n) is 3.96. The molecule has 100 valence electrons. The van der Waals surface area contributed by atoms with E-state index in [0.29, 0.717) is 11.4 Å². The lowest BCUT2D eigenvalue weighted by Crippen LogP contribution is -2.30. The quantitative estimate of drug-likeness (QED) is 0.870. The van der Waals surface area contributed by atoms with E-state index in [1.165, 1.54) is 4.80 Å². The van der Waals surface area contributed by atoms with Gasteiger partial charge in [-0.05, 0) is 19.1 Å². The molecule has 0 aliphatic carbocycles. The van der Waals surface area contributed by atoms with Crippen molar-refractivity contribution >= 4 is 15.9 Å². The average molecular weight is 280 g/mol. The maximum absolute atomic E-state index is 11.7. The lowest BCUT2D eigenvalue weighted by atomic mass is 10.3. The molecule has 2 aromatic rings. The van der Waals surface area contributed by atoms with Crippen LogP contribution in [0.3, 0.4) is 0 Å². The lowest BCUT2D eigenvalue weighted by Gasteiger charge is -1.99. The van der Waals surface area contributed by atoms with Crippen molar-refractivity contribution < 1.29 is 13.2 Å². The van der Waals surface area contributed by atoms with Crippen LogP contribution in [0.25, 0.3) is 5.69 Å². The second-order valence-corrected chi connectivity index (χ2v) is 5.71. The van der Waals surface area contributed by atoms with Gasteiger partial charge in [-0.2, -0.15) is 9.90 Å². The summed E-state index contributed by atoms with van der Waals surface area (Å²) in [5, 5.41) is 8.08. The maximum atomic E-state index is 11.7. The molecule has 1 aromatic carbocycles. The van der Waals surface area contributed by atoms with Gasteiger partial charge < -0.3 is 0 Å². The molecule has 0 aliphatic heterocycles. The Hall–Kier alpha value is -2.22. The van der Waals surface area contributed by atoms with Crippen LogP contribution in [0, 0.1) is 6.92 Å².